The molecule has 108 valence electrons. The van der Waals surface area contributed by atoms with Crippen LogP contribution >= 0.6 is 0 Å². The maximum absolute atomic E-state index is 11.2. The van der Waals surface area contributed by atoms with Gasteiger partial charge in [0.1, 0.15) is 0 Å². The van der Waals surface area contributed by atoms with Crippen molar-refractivity contribution in [3.8, 4) is 5.69 Å². The number of fused-ring (bicyclic) bond motifs is 1. The third kappa shape index (κ3) is 2.90. The zero-order valence-electron chi connectivity index (χ0n) is 12.3. The second-order valence-corrected chi connectivity index (χ2v) is 5.54. The summed E-state index contributed by atoms with van der Waals surface area (Å²) >= 11 is 0. The second-order valence-electron chi connectivity index (χ2n) is 5.54. The van der Waals surface area contributed by atoms with Crippen LogP contribution in [0.15, 0.2) is 53.7 Å². The molecule has 0 aliphatic rings. The van der Waals surface area contributed by atoms with Gasteiger partial charge in [-0.25, -0.2) is 0 Å². The average molecular weight is 281 g/mol. The molecular formula is C17H19N3O. The molecule has 0 unspecified atom stereocenters. The standard InChI is InChI=1S/C17H19N3O/c1-19(2)8-5-13-12-18-17-4-3-14(11-16(13)17)20-9-6-15(21)7-10-20/h3-4,6-7,9-12,18H,5,8H2,1-2H3. The van der Waals surface area contributed by atoms with Gasteiger partial charge in [0.05, 0.1) is 0 Å². The van der Waals surface area contributed by atoms with Crippen molar-refractivity contribution in [2.75, 3.05) is 20.6 Å². The minimum absolute atomic E-state index is 0.0284. The SMILES string of the molecule is CN(C)CCc1c[nH]c2ccc(-n3ccc(=O)cc3)cc12. The number of nitrogens with zero attached hydrogens (tertiary/aromatic N) is 2. The van der Waals surface area contributed by atoms with Gasteiger partial charge in [0, 0.05) is 53.9 Å². The monoisotopic (exact) mass is 281 g/mol. The molecule has 0 atom stereocenters. The maximum Gasteiger partial charge on any atom is 0.181 e. The number of nitrogens with one attached hydrogen (secondary N) is 1. The largest absolute Gasteiger partial charge is 0.361 e. The van der Waals surface area contributed by atoms with Crippen LogP contribution in [0.2, 0.25) is 0 Å². The molecule has 1 N–H and O–H groups in total. The van der Waals surface area contributed by atoms with E-state index in [0.717, 1.165) is 24.2 Å². The molecule has 4 heteroatoms. The van der Waals surface area contributed by atoms with E-state index in [2.05, 4.69) is 48.4 Å². The number of aromatic amines is 1. The molecule has 4 nitrogen and oxygen atoms in total. The van der Waals surface area contributed by atoms with E-state index in [1.54, 1.807) is 24.5 Å². The van der Waals surface area contributed by atoms with Crippen LogP contribution < -0.4 is 5.43 Å². The molecule has 0 spiro atoms. The molecule has 0 saturated carbocycles. The van der Waals surface area contributed by atoms with Gasteiger partial charge >= 0.3 is 0 Å². The predicted octanol–water partition coefficient (Wildman–Crippen LogP) is 2.42. The van der Waals surface area contributed by atoms with Gasteiger partial charge in [-0.1, -0.05) is 0 Å². The van der Waals surface area contributed by atoms with Gasteiger partial charge < -0.3 is 14.5 Å². The summed E-state index contributed by atoms with van der Waals surface area (Å²) in [4.78, 5) is 16.7. The Bertz CT molecular complexity index is 794. The highest BCUT2D eigenvalue weighted by Gasteiger charge is 2.06. The maximum atomic E-state index is 11.2. The Morgan fingerprint density at radius 3 is 2.62 bits per heavy atom. The highest BCUT2D eigenvalue weighted by molar-refractivity contribution is 5.85. The lowest BCUT2D eigenvalue weighted by Crippen LogP contribution is -2.14. The number of benzene rings is 1. The van der Waals surface area contributed by atoms with E-state index in [9.17, 15) is 4.79 Å². The lowest BCUT2D eigenvalue weighted by Gasteiger charge is -2.09. The second kappa shape index (κ2) is 5.58. The van der Waals surface area contributed by atoms with Crippen molar-refractivity contribution in [1.29, 1.82) is 0 Å². The molecule has 3 rings (SSSR count). The molecule has 0 fully saturated rings. The molecule has 0 aliphatic heterocycles. The molecule has 21 heavy (non-hydrogen) atoms. The van der Waals surface area contributed by atoms with Crippen molar-refractivity contribution in [2.24, 2.45) is 0 Å². The lowest BCUT2D eigenvalue weighted by atomic mass is 10.1. The molecule has 2 aromatic heterocycles. The lowest BCUT2D eigenvalue weighted by molar-refractivity contribution is 0.414. The zero-order chi connectivity index (χ0) is 14.8. The van der Waals surface area contributed by atoms with Crippen LogP contribution in [-0.2, 0) is 6.42 Å². The molecule has 0 radical (unpaired) electrons. The Morgan fingerprint density at radius 2 is 1.90 bits per heavy atom. The zero-order valence-corrected chi connectivity index (χ0v) is 12.3. The molecule has 0 saturated heterocycles. The highest BCUT2D eigenvalue weighted by Crippen LogP contribution is 2.22. The van der Waals surface area contributed by atoms with Crippen LogP contribution in [0.25, 0.3) is 16.6 Å². The van der Waals surface area contributed by atoms with Crippen molar-refractivity contribution in [3.05, 3.63) is 64.7 Å². The molecule has 3 aromatic rings. The number of hydrogen-bond acceptors (Lipinski definition) is 2. The van der Waals surface area contributed by atoms with Crippen molar-refractivity contribution in [1.82, 2.24) is 14.5 Å². The average Bonchev–Trinajstić information content (AvgIpc) is 2.88. The van der Waals surface area contributed by atoms with Crippen LogP contribution in [0, 0.1) is 0 Å². The fraction of sp³-hybridized carbons (Fsp3) is 0.235. The van der Waals surface area contributed by atoms with E-state index < -0.39 is 0 Å². The summed E-state index contributed by atoms with van der Waals surface area (Å²) in [7, 11) is 4.17. The number of likely N-dealkylation sites (N-methyl/N-ethyl adjacent to an activating group) is 1. The van der Waals surface area contributed by atoms with Gasteiger partial charge in [-0.15, -0.1) is 0 Å². The van der Waals surface area contributed by atoms with Gasteiger partial charge in [-0.2, -0.15) is 0 Å². The van der Waals surface area contributed by atoms with Crippen LogP contribution in [0.1, 0.15) is 5.56 Å². The van der Waals surface area contributed by atoms with E-state index in [1.807, 2.05) is 4.57 Å². The number of pyridine rings is 1. The summed E-state index contributed by atoms with van der Waals surface area (Å²) in [6.45, 7) is 1.02. The Hall–Kier alpha value is -2.33. The first-order chi connectivity index (χ1) is 10.1. The molecule has 1 aromatic carbocycles. The molecular weight excluding hydrogens is 262 g/mol. The van der Waals surface area contributed by atoms with Crippen molar-refractivity contribution in [2.45, 2.75) is 6.42 Å². The summed E-state index contributed by atoms with van der Waals surface area (Å²) in [6.07, 6.45) is 6.70. The fourth-order valence-electron chi connectivity index (χ4n) is 2.46. The highest BCUT2D eigenvalue weighted by atomic mass is 16.1. The normalized spacial score (nSPS) is 11.4. The number of aromatic nitrogens is 2. The summed E-state index contributed by atoms with van der Waals surface area (Å²) in [5.74, 6) is 0. The van der Waals surface area contributed by atoms with Gasteiger partial charge in [0.25, 0.3) is 0 Å². The summed E-state index contributed by atoms with van der Waals surface area (Å²) in [5.41, 5.74) is 3.56. The van der Waals surface area contributed by atoms with Crippen molar-refractivity contribution >= 4 is 10.9 Å². The Kier molecular flexibility index (Phi) is 3.62. The molecule has 0 aliphatic carbocycles. The van der Waals surface area contributed by atoms with E-state index >= 15 is 0 Å². The fourth-order valence-corrected chi connectivity index (χ4v) is 2.46. The van der Waals surface area contributed by atoms with Gasteiger partial charge in [0.2, 0.25) is 0 Å². The Balaban J connectivity index is 1.99. The van der Waals surface area contributed by atoms with Gasteiger partial charge in [0.15, 0.2) is 5.43 Å². The summed E-state index contributed by atoms with van der Waals surface area (Å²) in [5, 5.41) is 1.24. The first-order valence-electron chi connectivity index (χ1n) is 7.07. The van der Waals surface area contributed by atoms with Gasteiger partial charge in [-0.3, -0.25) is 4.79 Å². The van der Waals surface area contributed by atoms with Crippen LogP contribution in [0.4, 0.5) is 0 Å². The van der Waals surface area contributed by atoms with Gasteiger partial charge in [-0.05, 0) is 44.3 Å². The number of rotatable bonds is 4. The quantitative estimate of drug-likeness (QED) is 0.798. The summed E-state index contributed by atoms with van der Waals surface area (Å²) in [6, 6.07) is 9.46. The Labute approximate surface area is 123 Å². The third-order valence-corrected chi connectivity index (χ3v) is 3.68. The van der Waals surface area contributed by atoms with Crippen LogP contribution in [0.3, 0.4) is 0 Å². The predicted molar refractivity (Wildman–Crippen MR) is 86.2 cm³/mol. The molecule has 0 amide bonds. The molecule has 0 bridgehead atoms. The van der Waals surface area contributed by atoms with Crippen LogP contribution in [0.5, 0.6) is 0 Å². The Morgan fingerprint density at radius 1 is 1.14 bits per heavy atom. The summed E-state index contributed by atoms with van der Waals surface area (Å²) < 4.78 is 1.96. The van der Waals surface area contributed by atoms with E-state index in [-0.39, 0.29) is 5.43 Å². The number of H-pyrrole nitrogens is 1. The van der Waals surface area contributed by atoms with Crippen molar-refractivity contribution < 1.29 is 0 Å². The first-order valence-corrected chi connectivity index (χ1v) is 7.07. The van der Waals surface area contributed by atoms with E-state index in [4.69, 9.17) is 0 Å². The minimum Gasteiger partial charge on any atom is -0.361 e. The topological polar surface area (TPSA) is 41.0 Å². The molecule has 2 heterocycles. The van der Waals surface area contributed by atoms with Crippen molar-refractivity contribution in [3.63, 3.8) is 0 Å². The van der Waals surface area contributed by atoms with E-state index in [0.29, 0.717) is 0 Å². The first kappa shape index (κ1) is 13.6. The third-order valence-electron chi connectivity index (χ3n) is 3.68. The minimum atomic E-state index is 0.0284. The number of hydrogen-bond donors (Lipinski definition) is 1. The van der Waals surface area contributed by atoms with Crippen LogP contribution in [-0.4, -0.2) is 35.1 Å². The van der Waals surface area contributed by atoms with E-state index in [1.165, 1.54) is 10.9 Å². The smallest absolute Gasteiger partial charge is 0.181 e.